The first kappa shape index (κ1) is 13.6. The Labute approximate surface area is 89.6 Å². The minimum Gasteiger partial charge on any atom is -0.375 e. The van der Waals surface area contributed by atoms with Crippen LogP contribution in [-0.4, -0.2) is 47.9 Å². The fourth-order valence-electron chi connectivity index (χ4n) is 1.27. The second kappa shape index (κ2) is 6.19. The van der Waals surface area contributed by atoms with E-state index >= 15 is 0 Å². The van der Waals surface area contributed by atoms with Crippen LogP contribution in [0.3, 0.4) is 0 Å². The van der Waals surface area contributed by atoms with Gasteiger partial charge in [0.25, 0.3) is 0 Å². The molecule has 1 aliphatic heterocycles. The lowest BCUT2D eigenvalue weighted by Gasteiger charge is -2.32. The summed E-state index contributed by atoms with van der Waals surface area (Å²) in [6, 6.07) is -0.164. The molecule has 1 rings (SSSR count). The van der Waals surface area contributed by atoms with Gasteiger partial charge >= 0.3 is 0 Å². The molecule has 1 aliphatic rings. The van der Waals surface area contributed by atoms with Crippen LogP contribution in [0, 0.1) is 0 Å². The minimum absolute atomic E-state index is 0. The minimum atomic E-state index is -0.806. The van der Waals surface area contributed by atoms with E-state index < -0.39 is 6.23 Å². The Morgan fingerprint density at radius 1 is 1.79 bits per heavy atom. The van der Waals surface area contributed by atoms with Crippen molar-refractivity contribution in [3.8, 4) is 0 Å². The molecule has 6 heteroatoms. The highest BCUT2D eigenvalue weighted by Gasteiger charge is 2.25. The molecule has 0 radical (unpaired) electrons. The van der Waals surface area contributed by atoms with Crippen molar-refractivity contribution in [2.45, 2.75) is 25.6 Å². The number of rotatable bonds is 2. The number of halogens is 1. The molecule has 0 spiro atoms. The maximum absolute atomic E-state index is 11.4. The van der Waals surface area contributed by atoms with Gasteiger partial charge in [-0.15, -0.1) is 12.4 Å². The summed E-state index contributed by atoms with van der Waals surface area (Å²) in [6.07, 6.45) is -0.531. The highest BCUT2D eigenvalue weighted by molar-refractivity contribution is 5.85. The molecule has 0 aromatic carbocycles. The van der Waals surface area contributed by atoms with Crippen molar-refractivity contribution in [2.75, 3.05) is 19.8 Å². The molecule has 1 fully saturated rings. The smallest absolute Gasteiger partial charge is 0.226 e. The number of aliphatic hydroxyl groups excluding tert-OH is 1. The van der Waals surface area contributed by atoms with Gasteiger partial charge in [-0.1, -0.05) is 0 Å². The van der Waals surface area contributed by atoms with Crippen LogP contribution in [0.2, 0.25) is 0 Å². The molecule has 0 aromatic rings. The van der Waals surface area contributed by atoms with Gasteiger partial charge in [-0.2, -0.15) is 0 Å². The summed E-state index contributed by atoms with van der Waals surface area (Å²) < 4.78 is 4.99. The lowest BCUT2D eigenvalue weighted by Crippen LogP contribution is -2.49. The second-order valence-corrected chi connectivity index (χ2v) is 3.32. The zero-order valence-electron chi connectivity index (χ0n) is 8.18. The fraction of sp³-hybridized carbons (Fsp3) is 0.875. The van der Waals surface area contributed by atoms with Gasteiger partial charge in [-0.05, 0) is 6.92 Å². The number of hydrogen-bond acceptors (Lipinski definition) is 4. The van der Waals surface area contributed by atoms with E-state index in [1.54, 1.807) is 6.92 Å². The molecule has 0 saturated carbocycles. The van der Waals surface area contributed by atoms with Crippen molar-refractivity contribution in [3.63, 3.8) is 0 Å². The summed E-state index contributed by atoms with van der Waals surface area (Å²) in [4.78, 5) is 12.9. The topological polar surface area (TPSA) is 75.8 Å². The fourth-order valence-corrected chi connectivity index (χ4v) is 1.27. The molecule has 1 unspecified atom stereocenters. The Morgan fingerprint density at radius 3 is 2.93 bits per heavy atom. The van der Waals surface area contributed by atoms with Crippen LogP contribution >= 0.6 is 12.4 Å². The maximum Gasteiger partial charge on any atom is 0.226 e. The molecular weight excluding hydrogens is 208 g/mol. The molecule has 0 aliphatic carbocycles. The number of nitrogens with two attached hydrogens (primary N) is 1. The van der Waals surface area contributed by atoms with Crippen LogP contribution in [0.4, 0.5) is 0 Å². The zero-order valence-corrected chi connectivity index (χ0v) is 9.00. The number of hydrogen-bond donors (Lipinski definition) is 2. The van der Waals surface area contributed by atoms with Crippen LogP contribution in [0.5, 0.6) is 0 Å². The van der Waals surface area contributed by atoms with E-state index in [1.165, 1.54) is 4.90 Å². The molecule has 2 atom stereocenters. The summed E-state index contributed by atoms with van der Waals surface area (Å²) in [6.45, 7) is 2.91. The highest BCUT2D eigenvalue weighted by atomic mass is 35.5. The third-order valence-corrected chi connectivity index (χ3v) is 1.92. The average Bonchev–Trinajstić information content (AvgIpc) is 2.03. The monoisotopic (exact) mass is 224 g/mol. The molecule has 5 nitrogen and oxygen atoms in total. The van der Waals surface area contributed by atoms with Crippen molar-refractivity contribution < 1.29 is 14.6 Å². The Balaban J connectivity index is 0.00000169. The zero-order chi connectivity index (χ0) is 9.84. The lowest BCUT2D eigenvalue weighted by atomic mass is 10.2. The highest BCUT2D eigenvalue weighted by Crippen LogP contribution is 2.06. The molecule has 1 amide bonds. The van der Waals surface area contributed by atoms with E-state index in [0.29, 0.717) is 13.2 Å². The quantitative estimate of drug-likeness (QED) is 0.652. The van der Waals surface area contributed by atoms with Crippen molar-refractivity contribution in [3.05, 3.63) is 0 Å². The number of carbonyl (C=O) groups excluding carboxylic acids is 1. The number of nitrogens with zero attached hydrogens (tertiary/aromatic N) is 1. The normalized spacial score (nSPS) is 23.9. The van der Waals surface area contributed by atoms with Crippen molar-refractivity contribution in [1.82, 2.24) is 4.90 Å². The number of ether oxygens (including phenoxy) is 1. The summed E-state index contributed by atoms with van der Waals surface area (Å²) in [5, 5.41) is 9.39. The van der Waals surface area contributed by atoms with E-state index in [4.69, 9.17) is 10.5 Å². The van der Waals surface area contributed by atoms with Gasteiger partial charge in [0.15, 0.2) is 6.23 Å². The number of carbonyl (C=O) groups is 1. The van der Waals surface area contributed by atoms with E-state index in [2.05, 4.69) is 0 Å². The SMILES string of the molecule is CC(N)CC(=O)N1CCOC[C@H]1O.Cl. The van der Waals surface area contributed by atoms with E-state index in [1.807, 2.05) is 0 Å². The van der Waals surface area contributed by atoms with Gasteiger partial charge < -0.3 is 20.5 Å². The van der Waals surface area contributed by atoms with Gasteiger partial charge in [0.05, 0.1) is 13.2 Å². The lowest BCUT2D eigenvalue weighted by molar-refractivity contribution is -0.157. The van der Waals surface area contributed by atoms with Crippen LogP contribution in [0.15, 0.2) is 0 Å². The van der Waals surface area contributed by atoms with Crippen LogP contribution in [0.1, 0.15) is 13.3 Å². The molecule has 0 aromatic heterocycles. The predicted molar refractivity (Wildman–Crippen MR) is 54.1 cm³/mol. The summed E-state index contributed by atoms with van der Waals surface area (Å²) in [5.74, 6) is -0.106. The Morgan fingerprint density at radius 2 is 2.43 bits per heavy atom. The van der Waals surface area contributed by atoms with Crippen LogP contribution < -0.4 is 5.73 Å². The van der Waals surface area contributed by atoms with Crippen LogP contribution in [-0.2, 0) is 9.53 Å². The molecule has 84 valence electrons. The molecule has 14 heavy (non-hydrogen) atoms. The van der Waals surface area contributed by atoms with Gasteiger partial charge in [0.2, 0.25) is 5.91 Å². The summed E-state index contributed by atoms with van der Waals surface area (Å²) in [5.41, 5.74) is 5.49. The molecule has 3 N–H and O–H groups in total. The third-order valence-electron chi connectivity index (χ3n) is 1.92. The molecule has 0 bridgehead atoms. The number of morpholine rings is 1. The molecule has 1 heterocycles. The van der Waals surface area contributed by atoms with Gasteiger partial charge in [0.1, 0.15) is 0 Å². The Hall–Kier alpha value is -0.360. The van der Waals surface area contributed by atoms with E-state index in [0.717, 1.165) is 0 Å². The third kappa shape index (κ3) is 3.79. The van der Waals surface area contributed by atoms with Gasteiger partial charge in [0, 0.05) is 19.0 Å². The van der Waals surface area contributed by atoms with Crippen LogP contribution in [0.25, 0.3) is 0 Å². The average molecular weight is 225 g/mol. The van der Waals surface area contributed by atoms with Crippen molar-refractivity contribution in [2.24, 2.45) is 5.73 Å². The Kier molecular flexibility index (Phi) is 6.03. The second-order valence-electron chi connectivity index (χ2n) is 3.32. The number of amides is 1. The summed E-state index contributed by atoms with van der Waals surface area (Å²) in [7, 11) is 0. The first-order chi connectivity index (χ1) is 6.11. The Bertz CT molecular complexity index is 189. The maximum atomic E-state index is 11.4. The van der Waals surface area contributed by atoms with Crippen molar-refractivity contribution in [1.29, 1.82) is 0 Å². The predicted octanol–water partition coefficient (Wildman–Crippen LogP) is -0.677. The molecular formula is C8H17ClN2O3. The van der Waals surface area contributed by atoms with Gasteiger partial charge in [-0.3, -0.25) is 4.79 Å². The standard InChI is InChI=1S/C8H16N2O3.ClH/c1-6(9)4-7(11)10-2-3-13-5-8(10)12;/h6,8,12H,2-5,9H2,1H3;1H/t6?,8-;/m1./s1. The number of aliphatic hydroxyl groups is 1. The first-order valence-electron chi connectivity index (χ1n) is 4.42. The summed E-state index contributed by atoms with van der Waals surface area (Å²) >= 11 is 0. The largest absolute Gasteiger partial charge is 0.375 e. The van der Waals surface area contributed by atoms with Gasteiger partial charge in [-0.25, -0.2) is 0 Å². The first-order valence-corrected chi connectivity index (χ1v) is 4.42. The molecule has 1 saturated heterocycles. The van der Waals surface area contributed by atoms with Crippen molar-refractivity contribution >= 4 is 18.3 Å². The van der Waals surface area contributed by atoms with E-state index in [-0.39, 0.29) is 37.4 Å². The van der Waals surface area contributed by atoms with E-state index in [9.17, 15) is 9.90 Å².